The zero-order chi connectivity index (χ0) is 25.4. The van der Waals surface area contributed by atoms with E-state index in [2.05, 4.69) is 16.8 Å². The van der Waals surface area contributed by atoms with E-state index < -0.39 is 11.9 Å². The first-order valence-electron chi connectivity index (χ1n) is 11.6. The molecule has 2 aromatic rings. The molecular weight excluding hydrogens is 491 g/mol. The minimum atomic E-state index is -0.708. The number of fused-ring (bicyclic) bond motifs is 2. The molecule has 9 nitrogen and oxygen atoms in total. The van der Waals surface area contributed by atoms with Crippen molar-refractivity contribution in [2.24, 2.45) is 0 Å². The summed E-state index contributed by atoms with van der Waals surface area (Å²) < 4.78 is 26.4. The molecule has 5 rings (SSSR count). The van der Waals surface area contributed by atoms with Gasteiger partial charge in [0.1, 0.15) is 40.3 Å². The molecule has 1 N–H and O–H groups in total. The first-order chi connectivity index (χ1) is 17.4. The number of carbonyl (C=O) groups excluding carboxylic acids is 2. The van der Waals surface area contributed by atoms with Gasteiger partial charge in [-0.2, -0.15) is 0 Å². The standard InChI is InChI=1S/C25H24ClFN4O5/c1-2-4-18(33)30-7-8-31-15(13-30)14-36-23-20(25(31)34)24(29-9-11-35-12-10-29)28-22(21(23)26)19-16(27)5-3-6-17(19)32/h3,5-6,15,32H,7-14H2,1H3/t15-/m1/s1. The molecule has 0 aliphatic carbocycles. The number of phenols is 1. The van der Waals surface area contributed by atoms with Crippen LogP contribution >= 0.6 is 11.6 Å². The van der Waals surface area contributed by atoms with Gasteiger partial charge in [0.05, 0.1) is 24.8 Å². The summed E-state index contributed by atoms with van der Waals surface area (Å²) >= 11 is 6.71. The normalized spacial score (nSPS) is 19.5. The van der Waals surface area contributed by atoms with Crippen LogP contribution in [0.2, 0.25) is 5.02 Å². The number of pyridine rings is 1. The molecule has 2 amide bonds. The second-order valence-corrected chi connectivity index (χ2v) is 9.00. The Labute approximate surface area is 212 Å². The smallest absolute Gasteiger partial charge is 0.298 e. The number of morpholine rings is 1. The van der Waals surface area contributed by atoms with E-state index in [9.17, 15) is 19.1 Å². The van der Waals surface area contributed by atoms with Gasteiger partial charge in [-0.25, -0.2) is 9.37 Å². The van der Waals surface area contributed by atoms with Gasteiger partial charge in [-0.1, -0.05) is 23.6 Å². The van der Waals surface area contributed by atoms with Gasteiger partial charge in [-0.15, -0.1) is 0 Å². The van der Waals surface area contributed by atoms with Gasteiger partial charge in [-0.3, -0.25) is 9.59 Å². The van der Waals surface area contributed by atoms with Gasteiger partial charge < -0.3 is 29.3 Å². The number of nitrogens with zero attached hydrogens (tertiary/aromatic N) is 4. The van der Waals surface area contributed by atoms with Gasteiger partial charge in [0.15, 0.2) is 5.75 Å². The number of hydrogen-bond donors (Lipinski definition) is 1. The molecule has 4 heterocycles. The minimum Gasteiger partial charge on any atom is -0.507 e. The third-order valence-electron chi connectivity index (χ3n) is 6.51. The maximum Gasteiger partial charge on any atom is 0.298 e. The van der Waals surface area contributed by atoms with Crippen LogP contribution < -0.4 is 9.64 Å². The SMILES string of the molecule is CC#CC(=O)N1CCN2C(=O)c3c(N4CCOCC4)nc(-c4c(O)cccc4F)c(Cl)c3OC[C@H]2C1. The molecule has 2 saturated heterocycles. The minimum absolute atomic E-state index is 0.0183. The summed E-state index contributed by atoms with van der Waals surface area (Å²) in [5, 5.41) is 10.4. The molecule has 11 heteroatoms. The van der Waals surface area contributed by atoms with Crippen LogP contribution in [0.3, 0.4) is 0 Å². The number of phenolic OH excluding ortho intramolecular Hbond substituents is 1. The van der Waals surface area contributed by atoms with E-state index in [1.807, 2.05) is 4.90 Å². The van der Waals surface area contributed by atoms with Gasteiger partial charge >= 0.3 is 0 Å². The van der Waals surface area contributed by atoms with E-state index in [4.69, 9.17) is 21.1 Å². The lowest BCUT2D eigenvalue weighted by Crippen LogP contribution is -2.57. The molecule has 0 radical (unpaired) electrons. The van der Waals surface area contributed by atoms with E-state index in [0.717, 1.165) is 0 Å². The van der Waals surface area contributed by atoms with E-state index in [1.54, 1.807) is 16.7 Å². The molecule has 3 aliphatic rings. The predicted octanol–water partition coefficient (Wildman–Crippen LogP) is 2.15. The number of rotatable bonds is 2. The number of aromatic hydroxyl groups is 1. The first-order valence-corrected chi connectivity index (χ1v) is 12.0. The second kappa shape index (κ2) is 9.84. The van der Waals surface area contributed by atoms with Crippen molar-refractivity contribution in [3.05, 3.63) is 34.6 Å². The summed E-state index contributed by atoms with van der Waals surface area (Å²) in [6, 6.07) is 3.49. The highest BCUT2D eigenvalue weighted by Gasteiger charge is 2.41. The number of carbonyl (C=O) groups is 2. The van der Waals surface area contributed by atoms with Crippen LogP contribution in [0.5, 0.6) is 11.5 Å². The van der Waals surface area contributed by atoms with Crippen molar-refractivity contribution in [3.63, 3.8) is 0 Å². The van der Waals surface area contributed by atoms with Crippen molar-refractivity contribution < 1.29 is 28.6 Å². The average molecular weight is 515 g/mol. The summed E-state index contributed by atoms with van der Waals surface area (Å²) in [6.45, 7) is 4.31. The summed E-state index contributed by atoms with van der Waals surface area (Å²) in [7, 11) is 0. The van der Waals surface area contributed by atoms with E-state index in [-0.39, 0.29) is 64.1 Å². The molecule has 3 aliphatic heterocycles. The molecule has 0 spiro atoms. The fraction of sp³-hybridized carbons (Fsp3) is 0.400. The van der Waals surface area contributed by atoms with Crippen molar-refractivity contribution in [1.29, 1.82) is 0 Å². The lowest BCUT2D eigenvalue weighted by Gasteiger charge is -2.39. The molecule has 2 fully saturated rings. The molecule has 188 valence electrons. The highest BCUT2D eigenvalue weighted by molar-refractivity contribution is 6.35. The van der Waals surface area contributed by atoms with Gasteiger partial charge in [-0.05, 0) is 25.0 Å². The quantitative estimate of drug-likeness (QED) is 0.614. The topological polar surface area (TPSA) is 95.4 Å². The molecule has 1 atom stereocenters. The zero-order valence-electron chi connectivity index (χ0n) is 19.6. The fourth-order valence-electron chi connectivity index (χ4n) is 4.73. The van der Waals surface area contributed by atoms with Crippen LogP contribution in [0, 0.1) is 17.7 Å². The van der Waals surface area contributed by atoms with Gasteiger partial charge in [0.2, 0.25) is 0 Å². The second-order valence-electron chi connectivity index (χ2n) is 8.63. The predicted molar refractivity (Wildman–Crippen MR) is 130 cm³/mol. The summed E-state index contributed by atoms with van der Waals surface area (Å²) in [6.07, 6.45) is 0. The Balaban J connectivity index is 1.63. The van der Waals surface area contributed by atoms with Gasteiger partial charge in [0, 0.05) is 32.7 Å². The molecular formula is C25H24ClFN4O5. The Kier molecular flexibility index (Phi) is 6.60. The zero-order valence-corrected chi connectivity index (χ0v) is 20.3. The number of benzene rings is 1. The summed E-state index contributed by atoms with van der Waals surface area (Å²) in [4.78, 5) is 36.0. The number of hydrogen-bond acceptors (Lipinski definition) is 7. The highest BCUT2D eigenvalue weighted by atomic mass is 35.5. The van der Waals surface area contributed by atoms with Crippen LogP contribution in [0.25, 0.3) is 11.3 Å². The Hall–Kier alpha value is -3.55. The monoisotopic (exact) mass is 514 g/mol. The van der Waals surface area contributed by atoms with E-state index in [0.29, 0.717) is 39.4 Å². The van der Waals surface area contributed by atoms with Crippen molar-refractivity contribution >= 4 is 29.2 Å². The van der Waals surface area contributed by atoms with Crippen LogP contribution in [0.1, 0.15) is 17.3 Å². The molecule has 36 heavy (non-hydrogen) atoms. The van der Waals surface area contributed by atoms with Crippen molar-refractivity contribution in [3.8, 4) is 34.6 Å². The van der Waals surface area contributed by atoms with E-state index in [1.165, 1.54) is 18.2 Å². The van der Waals surface area contributed by atoms with Gasteiger partial charge in [0.25, 0.3) is 11.8 Å². The van der Waals surface area contributed by atoms with Crippen LogP contribution in [0.15, 0.2) is 18.2 Å². The van der Waals surface area contributed by atoms with Crippen LogP contribution in [-0.4, -0.2) is 90.3 Å². The first kappa shape index (κ1) is 24.2. The number of piperazine rings is 1. The number of ether oxygens (including phenoxy) is 2. The lowest BCUT2D eigenvalue weighted by atomic mass is 10.0. The maximum absolute atomic E-state index is 14.8. The molecule has 1 aromatic carbocycles. The van der Waals surface area contributed by atoms with Crippen LogP contribution in [0.4, 0.5) is 10.2 Å². The van der Waals surface area contributed by atoms with E-state index >= 15 is 0 Å². The highest BCUT2D eigenvalue weighted by Crippen LogP contribution is 2.46. The third kappa shape index (κ3) is 4.18. The largest absolute Gasteiger partial charge is 0.507 e. The van der Waals surface area contributed by atoms with Crippen molar-refractivity contribution in [2.75, 3.05) is 57.4 Å². The number of amides is 2. The van der Waals surface area contributed by atoms with Crippen LogP contribution in [-0.2, 0) is 9.53 Å². The number of anilines is 1. The van der Waals surface area contributed by atoms with Crippen molar-refractivity contribution in [1.82, 2.24) is 14.8 Å². The molecule has 0 unspecified atom stereocenters. The Bertz CT molecular complexity index is 1270. The Morgan fingerprint density at radius 3 is 2.72 bits per heavy atom. The molecule has 1 aromatic heterocycles. The number of halogens is 2. The van der Waals surface area contributed by atoms with Crippen molar-refractivity contribution in [2.45, 2.75) is 13.0 Å². The Morgan fingerprint density at radius 2 is 2.00 bits per heavy atom. The molecule has 0 bridgehead atoms. The maximum atomic E-state index is 14.8. The third-order valence-corrected chi connectivity index (χ3v) is 6.86. The lowest BCUT2D eigenvalue weighted by molar-refractivity contribution is -0.127. The Morgan fingerprint density at radius 1 is 1.22 bits per heavy atom. The molecule has 0 saturated carbocycles. The number of aromatic nitrogens is 1. The average Bonchev–Trinajstić information content (AvgIpc) is 3.02. The summed E-state index contributed by atoms with van der Waals surface area (Å²) in [5.74, 6) is 3.83. The fourth-order valence-corrected chi connectivity index (χ4v) is 5.02. The summed E-state index contributed by atoms with van der Waals surface area (Å²) in [5.41, 5.74) is -0.0138.